The van der Waals surface area contributed by atoms with Crippen LogP contribution < -0.4 is 11.1 Å². The maximum atomic E-state index is 13.0. The Kier molecular flexibility index (Phi) is 6.68. The summed E-state index contributed by atoms with van der Waals surface area (Å²) in [6, 6.07) is 13.7. The highest BCUT2D eigenvalue weighted by molar-refractivity contribution is 5.89. The summed E-state index contributed by atoms with van der Waals surface area (Å²) in [4.78, 5) is 27.5. The molecule has 1 saturated heterocycles. The van der Waals surface area contributed by atoms with E-state index in [1.165, 1.54) is 0 Å². The molecule has 28 heavy (non-hydrogen) atoms. The van der Waals surface area contributed by atoms with Crippen molar-refractivity contribution in [3.63, 3.8) is 0 Å². The molecule has 1 unspecified atom stereocenters. The third kappa shape index (κ3) is 4.90. The third-order valence-electron chi connectivity index (χ3n) is 5.69. The van der Waals surface area contributed by atoms with Crippen LogP contribution in [0.2, 0.25) is 0 Å². The molecule has 1 heterocycles. The average molecular weight is 382 g/mol. The number of nitrogens with two attached hydrogens (primary N) is 1. The van der Waals surface area contributed by atoms with E-state index < -0.39 is 6.04 Å². The first-order chi connectivity index (χ1) is 13.5. The van der Waals surface area contributed by atoms with Crippen molar-refractivity contribution in [1.29, 1.82) is 0 Å². The average Bonchev–Trinajstić information content (AvgIpc) is 2.71. The number of benzene rings is 2. The van der Waals surface area contributed by atoms with Gasteiger partial charge in [-0.25, -0.2) is 0 Å². The van der Waals surface area contributed by atoms with Crippen LogP contribution in [-0.4, -0.2) is 42.4 Å². The fourth-order valence-electron chi connectivity index (χ4n) is 3.86. The molecular weight excluding hydrogens is 350 g/mol. The Labute approximate surface area is 167 Å². The molecule has 2 amide bonds. The van der Waals surface area contributed by atoms with Crippen LogP contribution in [0.15, 0.2) is 42.5 Å². The van der Waals surface area contributed by atoms with E-state index in [1.54, 1.807) is 0 Å². The number of amides is 2. The van der Waals surface area contributed by atoms with Crippen molar-refractivity contribution < 1.29 is 9.59 Å². The SMILES string of the molecule is CC(C)C(NC(=O)Cc1ccc2ccccc2c1)C(=O)N1CCC(CN)CC1. The molecule has 0 saturated carbocycles. The van der Waals surface area contributed by atoms with Crippen LogP contribution in [-0.2, 0) is 16.0 Å². The van der Waals surface area contributed by atoms with Crippen molar-refractivity contribution in [2.24, 2.45) is 17.6 Å². The van der Waals surface area contributed by atoms with Gasteiger partial charge in [0, 0.05) is 13.1 Å². The first-order valence-electron chi connectivity index (χ1n) is 10.2. The lowest BCUT2D eigenvalue weighted by molar-refractivity contribution is -0.138. The maximum Gasteiger partial charge on any atom is 0.245 e. The lowest BCUT2D eigenvalue weighted by Crippen LogP contribution is -2.53. The third-order valence-corrected chi connectivity index (χ3v) is 5.69. The predicted molar refractivity (Wildman–Crippen MR) is 113 cm³/mol. The highest BCUT2D eigenvalue weighted by Gasteiger charge is 2.30. The van der Waals surface area contributed by atoms with Crippen LogP contribution in [0.1, 0.15) is 32.3 Å². The van der Waals surface area contributed by atoms with Gasteiger partial charge in [0.15, 0.2) is 0 Å². The number of hydrogen-bond donors (Lipinski definition) is 2. The number of fused-ring (bicyclic) bond motifs is 1. The first kappa shape index (κ1) is 20.3. The molecular formula is C23H31N3O2. The second kappa shape index (κ2) is 9.20. The molecule has 0 aromatic heterocycles. The van der Waals surface area contributed by atoms with Crippen molar-refractivity contribution in [3.8, 4) is 0 Å². The van der Waals surface area contributed by atoms with E-state index in [4.69, 9.17) is 5.73 Å². The summed E-state index contributed by atoms with van der Waals surface area (Å²) < 4.78 is 0. The van der Waals surface area contributed by atoms with Crippen molar-refractivity contribution >= 4 is 22.6 Å². The van der Waals surface area contributed by atoms with E-state index in [0.717, 1.165) is 42.3 Å². The van der Waals surface area contributed by atoms with E-state index in [2.05, 4.69) is 11.4 Å². The predicted octanol–water partition coefficient (Wildman–Crippen LogP) is 2.72. The fourth-order valence-corrected chi connectivity index (χ4v) is 3.86. The molecule has 1 atom stereocenters. The minimum Gasteiger partial charge on any atom is -0.344 e. The standard InChI is InChI=1S/C23H31N3O2/c1-16(2)22(23(28)26-11-9-17(15-24)10-12-26)25-21(27)14-18-7-8-19-5-3-4-6-20(19)13-18/h3-8,13,16-17,22H,9-12,14-15,24H2,1-2H3,(H,25,27). The molecule has 2 aromatic rings. The highest BCUT2D eigenvalue weighted by atomic mass is 16.2. The van der Waals surface area contributed by atoms with Crippen LogP contribution in [0, 0.1) is 11.8 Å². The van der Waals surface area contributed by atoms with Crippen molar-refractivity contribution in [3.05, 3.63) is 48.0 Å². The van der Waals surface area contributed by atoms with Crippen LogP contribution in [0.5, 0.6) is 0 Å². The molecule has 0 radical (unpaired) electrons. The summed E-state index contributed by atoms with van der Waals surface area (Å²) in [6.45, 7) is 6.09. The lowest BCUT2D eigenvalue weighted by atomic mass is 9.95. The number of carbonyl (C=O) groups is 2. The largest absolute Gasteiger partial charge is 0.344 e. The minimum atomic E-state index is -0.484. The Hall–Kier alpha value is -2.40. The van der Waals surface area contributed by atoms with Crippen molar-refractivity contribution in [2.45, 2.75) is 39.2 Å². The zero-order chi connectivity index (χ0) is 20.1. The van der Waals surface area contributed by atoms with Gasteiger partial charge in [-0.2, -0.15) is 0 Å². The molecule has 0 bridgehead atoms. The second-order valence-corrected chi connectivity index (χ2v) is 8.15. The molecule has 1 fully saturated rings. The van der Waals surface area contributed by atoms with E-state index in [-0.39, 0.29) is 24.2 Å². The Bertz CT molecular complexity index is 825. The van der Waals surface area contributed by atoms with Crippen LogP contribution >= 0.6 is 0 Å². The first-order valence-corrected chi connectivity index (χ1v) is 10.2. The van der Waals surface area contributed by atoms with Gasteiger partial charge in [-0.15, -0.1) is 0 Å². The zero-order valence-electron chi connectivity index (χ0n) is 16.9. The van der Waals surface area contributed by atoms with Gasteiger partial charge < -0.3 is 16.0 Å². The summed E-state index contributed by atoms with van der Waals surface area (Å²) in [5.74, 6) is 0.459. The second-order valence-electron chi connectivity index (χ2n) is 8.15. The number of piperidine rings is 1. The number of rotatable bonds is 6. The van der Waals surface area contributed by atoms with Crippen molar-refractivity contribution in [2.75, 3.05) is 19.6 Å². The molecule has 5 heteroatoms. The van der Waals surface area contributed by atoms with E-state index >= 15 is 0 Å². The quantitative estimate of drug-likeness (QED) is 0.808. The van der Waals surface area contributed by atoms with E-state index in [1.807, 2.05) is 55.1 Å². The van der Waals surface area contributed by atoms with Gasteiger partial charge in [-0.3, -0.25) is 9.59 Å². The zero-order valence-corrected chi connectivity index (χ0v) is 16.9. The molecule has 3 N–H and O–H groups in total. The van der Waals surface area contributed by atoms with Gasteiger partial charge in [0.25, 0.3) is 0 Å². The molecule has 5 nitrogen and oxygen atoms in total. The van der Waals surface area contributed by atoms with Crippen LogP contribution in [0.3, 0.4) is 0 Å². The number of likely N-dealkylation sites (tertiary alicyclic amines) is 1. The Morgan fingerprint density at radius 2 is 1.79 bits per heavy atom. The summed E-state index contributed by atoms with van der Waals surface area (Å²) in [5, 5.41) is 5.25. The molecule has 0 spiro atoms. The van der Waals surface area contributed by atoms with Gasteiger partial charge in [0.1, 0.15) is 6.04 Å². The number of hydrogen-bond acceptors (Lipinski definition) is 3. The van der Waals surface area contributed by atoms with Gasteiger partial charge in [-0.1, -0.05) is 56.3 Å². The van der Waals surface area contributed by atoms with Crippen LogP contribution in [0.4, 0.5) is 0 Å². The molecule has 150 valence electrons. The smallest absolute Gasteiger partial charge is 0.245 e. The summed E-state index contributed by atoms with van der Waals surface area (Å²) >= 11 is 0. The monoisotopic (exact) mass is 381 g/mol. The fraction of sp³-hybridized carbons (Fsp3) is 0.478. The summed E-state index contributed by atoms with van der Waals surface area (Å²) in [7, 11) is 0. The van der Waals surface area contributed by atoms with E-state index in [9.17, 15) is 9.59 Å². The Balaban J connectivity index is 1.62. The van der Waals surface area contributed by atoms with E-state index in [0.29, 0.717) is 12.5 Å². The normalized spacial score (nSPS) is 16.4. The van der Waals surface area contributed by atoms with Gasteiger partial charge in [0.2, 0.25) is 11.8 Å². The lowest BCUT2D eigenvalue weighted by Gasteiger charge is -2.35. The number of carbonyl (C=O) groups excluding carboxylic acids is 2. The van der Waals surface area contributed by atoms with Crippen LogP contribution in [0.25, 0.3) is 10.8 Å². The number of nitrogens with zero attached hydrogens (tertiary/aromatic N) is 1. The summed E-state index contributed by atoms with van der Waals surface area (Å²) in [5.41, 5.74) is 6.70. The Morgan fingerprint density at radius 3 is 2.43 bits per heavy atom. The Morgan fingerprint density at radius 1 is 1.11 bits per heavy atom. The molecule has 2 aromatic carbocycles. The summed E-state index contributed by atoms with van der Waals surface area (Å²) in [6.07, 6.45) is 2.16. The van der Waals surface area contributed by atoms with Gasteiger partial charge in [-0.05, 0) is 47.6 Å². The number of nitrogens with one attached hydrogen (secondary N) is 1. The molecule has 3 rings (SSSR count). The molecule has 1 aliphatic heterocycles. The highest BCUT2D eigenvalue weighted by Crippen LogP contribution is 2.19. The maximum absolute atomic E-state index is 13.0. The van der Waals surface area contributed by atoms with Gasteiger partial charge in [0.05, 0.1) is 6.42 Å². The molecule has 0 aliphatic carbocycles. The minimum absolute atomic E-state index is 0.0253. The topological polar surface area (TPSA) is 75.4 Å². The van der Waals surface area contributed by atoms with Crippen molar-refractivity contribution in [1.82, 2.24) is 10.2 Å². The molecule has 1 aliphatic rings. The van der Waals surface area contributed by atoms with Gasteiger partial charge >= 0.3 is 0 Å².